The Balaban J connectivity index is 3.01. The largest absolute Gasteiger partial charge is 0.496 e. The summed E-state index contributed by atoms with van der Waals surface area (Å²) in [7, 11) is 1.74. The molecule has 2 heteroatoms. The van der Waals surface area contributed by atoms with Crippen LogP contribution in [0.25, 0.3) is 0 Å². The monoisotopic (exact) mass is 284 g/mol. The highest BCUT2D eigenvalue weighted by Crippen LogP contribution is 2.28. The number of alkyl halides is 1. The fraction of sp³-hybridized carbons (Fsp3) is 0.571. The van der Waals surface area contributed by atoms with Crippen molar-refractivity contribution in [3.63, 3.8) is 0 Å². The molecule has 0 saturated carbocycles. The minimum atomic E-state index is 0.204. The Hall–Kier alpha value is -0.500. The summed E-state index contributed by atoms with van der Waals surface area (Å²) in [5.74, 6) is 1.01. The van der Waals surface area contributed by atoms with Crippen molar-refractivity contribution in [3.05, 3.63) is 29.3 Å². The lowest BCUT2D eigenvalue weighted by molar-refractivity contribution is 0.408. The average Bonchev–Trinajstić information content (AvgIpc) is 2.24. The molecule has 0 aliphatic heterocycles. The molecule has 0 fully saturated rings. The minimum Gasteiger partial charge on any atom is -0.496 e. The zero-order valence-corrected chi connectivity index (χ0v) is 12.2. The summed E-state index contributed by atoms with van der Waals surface area (Å²) in [6, 6.07) is 6.53. The fourth-order valence-corrected chi connectivity index (χ4v) is 1.98. The first-order valence-electron chi connectivity index (χ1n) is 5.72. The third-order valence-corrected chi connectivity index (χ3v) is 3.29. The van der Waals surface area contributed by atoms with Gasteiger partial charge in [0, 0.05) is 5.33 Å². The topological polar surface area (TPSA) is 9.23 Å². The van der Waals surface area contributed by atoms with Gasteiger partial charge in [0.15, 0.2) is 0 Å². The molecule has 0 aliphatic rings. The lowest BCUT2D eigenvalue weighted by Gasteiger charge is -2.21. The van der Waals surface area contributed by atoms with Crippen molar-refractivity contribution < 1.29 is 4.74 Å². The van der Waals surface area contributed by atoms with Gasteiger partial charge in [0.05, 0.1) is 7.11 Å². The molecule has 1 aromatic rings. The summed E-state index contributed by atoms with van der Waals surface area (Å²) in [6.45, 7) is 6.72. The molecule has 1 rings (SSSR count). The van der Waals surface area contributed by atoms with Gasteiger partial charge in [-0.15, -0.1) is 0 Å². The molecule has 0 aromatic heterocycles. The van der Waals surface area contributed by atoms with Crippen LogP contribution in [0.4, 0.5) is 0 Å². The Morgan fingerprint density at radius 3 is 2.44 bits per heavy atom. The third-order valence-electron chi connectivity index (χ3n) is 2.73. The van der Waals surface area contributed by atoms with Crippen LogP contribution < -0.4 is 4.74 Å². The second kappa shape index (κ2) is 5.72. The molecule has 0 radical (unpaired) electrons. The number of aryl methyl sites for hydroxylation is 1. The molecule has 0 unspecified atom stereocenters. The van der Waals surface area contributed by atoms with Crippen LogP contribution in [0.2, 0.25) is 0 Å². The molecule has 0 atom stereocenters. The van der Waals surface area contributed by atoms with Crippen molar-refractivity contribution in [1.82, 2.24) is 0 Å². The van der Waals surface area contributed by atoms with Gasteiger partial charge < -0.3 is 4.74 Å². The molecule has 90 valence electrons. The second-order valence-corrected chi connectivity index (χ2v) is 5.86. The van der Waals surface area contributed by atoms with Crippen molar-refractivity contribution in [1.29, 1.82) is 0 Å². The smallest absolute Gasteiger partial charge is 0.122 e. The van der Waals surface area contributed by atoms with Crippen molar-refractivity contribution >= 4 is 15.9 Å². The van der Waals surface area contributed by atoms with E-state index in [1.54, 1.807) is 7.11 Å². The van der Waals surface area contributed by atoms with Crippen LogP contribution in [0.3, 0.4) is 0 Å². The van der Waals surface area contributed by atoms with E-state index >= 15 is 0 Å². The highest BCUT2D eigenvalue weighted by atomic mass is 79.9. The first kappa shape index (κ1) is 13.6. The number of hydrogen-bond donors (Lipinski definition) is 0. The minimum absolute atomic E-state index is 0.204. The molecule has 1 aromatic carbocycles. The van der Waals surface area contributed by atoms with Crippen LogP contribution in [0, 0.1) is 0 Å². The van der Waals surface area contributed by atoms with E-state index < -0.39 is 0 Å². The van der Waals surface area contributed by atoms with Crippen LogP contribution in [0.15, 0.2) is 18.2 Å². The van der Waals surface area contributed by atoms with Crippen LogP contribution in [0.5, 0.6) is 5.75 Å². The Labute approximate surface area is 107 Å². The predicted octanol–water partition coefficient (Wildman–Crippen LogP) is 4.32. The zero-order valence-electron chi connectivity index (χ0n) is 10.6. The Morgan fingerprint density at radius 1 is 1.25 bits per heavy atom. The first-order chi connectivity index (χ1) is 7.49. The Bertz CT molecular complexity index is 339. The van der Waals surface area contributed by atoms with Crippen LogP contribution in [0.1, 0.15) is 38.3 Å². The predicted molar refractivity (Wildman–Crippen MR) is 73.8 cm³/mol. The third kappa shape index (κ3) is 3.51. The van der Waals surface area contributed by atoms with Gasteiger partial charge in [-0.25, -0.2) is 0 Å². The number of benzene rings is 1. The molecule has 0 amide bonds. The van der Waals surface area contributed by atoms with Crippen LogP contribution >= 0.6 is 15.9 Å². The Kier molecular flexibility index (Phi) is 4.85. The summed E-state index contributed by atoms with van der Waals surface area (Å²) >= 11 is 3.47. The summed E-state index contributed by atoms with van der Waals surface area (Å²) in [5.41, 5.74) is 2.89. The van der Waals surface area contributed by atoms with Gasteiger partial charge in [0.1, 0.15) is 5.75 Å². The van der Waals surface area contributed by atoms with Crippen molar-refractivity contribution in [2.75, 3.05) is 12.4 Å². The van der Waals surface area contributed by atoms with Gasteiger partial charge in [0.2, 0.25) is 0 Å². The summed E-state index contributed by atoms with van der Waals surface area (Å²) in [6.07, 6.45) is 2.21. The van der Waals surface area contributed by atoms with Gasteiger partial charge in [-0.1, -0.05) is 48.8 Å². The summed E-state index contributed by atoms with van der Waals surface area (Å²) in [4.78, 5) is 0. The number of methoxy groups -OCH3 is 1. The quantitative estimate of drug-likeness (QED) is 0.749. The first-order valence-corrected chi connectivity index (χ1v) is 6.84. The molecule has 0 aliphatic carbocycles. The van der Waals surface area contributed by atoms with Crippen molar-refractivity contribution in [2.45, 2.75) is 39.0 Å². The highest BCUT2D eigenvalue weighted by molar-refractivity contribution is 9.09. The molecule has 16 heavy (non-hydrogen) atoms. The van der Waals surface area contributed by atoms with Crippen molar-refractivity contribution in [3.8, 4) is 5.75 Å². The van der Waals surface area contributed by atoms with E-state index in [-0.39, 0.29) is 5.41 Å². The maximum absolute atomic E-state index is 5.39. The maximum atomic E-state index is 5.39. The summed E-state index contributed by atoms with van der Waals surface area (Å²) in [5, 5.41) is 1.04. The number of ether oxygens (including phenoxy) is 1. The van der Waals surface area contributed by atoms with Crippen molar-refractivity contribution in [2.24, 2.45) is 0 Å². The van der Waals surface area contributed by atoms with Gasteiger partial charge in [-0.3, -0.25) is 0 Å². The molecular formula is C14H21BrO. The van der Waals surface area contributed by atoms with Gasteiger partial charge in [-0.05, 0) is 35.4 Å². The SMILES string of the molecule is COc1ccc(C(C)(C)C)cc1CCCBr. The maximum Gasteiger partial charge on any atom is 0.122 e. The van der Waals surface area contributed by atoms with Crippen LogP contribution in [-0.2, 0) is 11.8 Å². The van der Waals surface area contributed by atoms with Gasteiger partial charge in [-0.2, -0.15) is 0 Å². The molecular weight excluding hydrogens is 264 g/mol. The number of rotatable bonds is 4. The standard InChI is InChI=1S/C14H21BrO/c1-14(2,3)12-7-8-13(16-4)11(10-12)6-5-9-15/h7-8,10H,5-6,9H2,1-4H3. The molecule has 0 N–H and O–H groups in total. The molecule has 0 spiro atoms. The average molecular weight is 285 g/mol. The van der Waals surface area contributed by atoms with E-state index in [4.69, 9.17) is 4.74 Å². The fourth-order valence-electron chi connectivity index (χ4n) is 1.70. The normalized spacial score (nSPS) is 11.6. The molecule has 0 saturated heterocycles. The second-order valence-electron chi connectivity index (χ2n) is 5.07. The van der Waals surface area contributed by atoms with Crippen LogP contribution in [-0.4, -0.2) is 12.4 Å². The lowest BCUT2D eigenvalue weighted by atomic mass is 9.85. The molecule has 0 heterocycles. The van der Waals surface area contributed by atoms with Gasteiger partial charge in [0.25, 0.3) is 0 Å². The number of halogens is 1. The van der Waals surface area contributed by atoms with E-state index in [1.165, 1.54) is 11.1 Å². The molecule has 0 bridgehead atoms. The molecule has 1 nitrogen and oxygen atoms in total. The summed E-state index contributed by atoms with van der Waals surface area (Å²) < 4.78 is 5.39. The van der Waals surface area contributed by atoms with E-state index in [0.717, 1.165) is 23.9 Å². The van der Waals surface area contributed by atoms with E-state index in [1.807, 2.05) is 0 Å². The highest BCUT2D eigenvalue weighted by Gasteiger charge is 2.15. The van der Waals surface area contributed by atoms with E-state index in [0.29, 0.717) is 0 Å². The Morgan fingerprint density at radius 2 is 1.94 bits per heavy atom. The number of hydrogen-bond acceptors (Lipinski definition) is 1. The zero-order chi connectivity index (χ0) is 12.2. The van der Waals surface area contributed by atoms with E-state index in [9.17, 15) is 0 Å². The lowest BCUT2D eigenvalue weighted by Crippen LogP contribution is -2.11. The van der Waals surface area contributed by atoms with E-state index in [2.05, 4.69) is 54.9 Å². The van der Waals surface area contributed by atoms with Gasteiger partial charge >= 0.3 is 0 Å².